The van der Waals surface area contributed by atoms with Crippen LogP contribution in [0.15, 0.2) is 54.6 Å². The molecule has 0 fully saturated rings. The maximum atomic E-state index is 11.7. The second-order valence-corrected chi connectivity index (χ2v) is 11.5. The Labute approximate surface area is 141 Å². The van der Waals surface area contributed by atoms with Gasteiger partial charge in [-0.05, 0) is 16.7 Å². The van der Waals surface area contributed by atoms with Gasteiger partial charge in [-0.3, -0.25) is 0 Å². The molecule has 0 aliphatic carbocycles. The van der Waals surface area contributed by atoms with Gasteiger partial charge in [0.2, 0.25) is 2.57 Å². The van der Waals surface area contributed by atoms with Crippen LogP contribution >= 0.6 is 31.9 Å². The molecule has 0 aromatic heterocycles. The highest BCUT2D eigenvalue weighted by atomic mass is 79.9. The van der Waals surface area contributed by atoms with Gasteiger partial charge in [-0.25, -0.2) is 8.42 Å². The summed E-state index contributed by atoms with van der Waals surface area (Å²) in [6, 6.07) is 17.0. The summed E-state index contributed by atoms with van der Waals surface area (Å²) in [7, 11) is -3.53. The molecule has 0 saturated heterocycles. The third kappa shape index (κ3) is 3.56. The Morgan fingerprint density at radius 1 is 0.952 bits per heavy atom. The maximum Gasteiger partial charge on any atom is 0.210 e. The van der Waals surface area contributed by atoms with Gasteiger partial charge < -0.3 is 5.11 Å². The van der Waals surface area contributed by atoms with Gasteiger partial charge >= 0.3 is 0 Å². The van der Waals surface area contributed by atoms with Gasteiger partial charge in [0.05, 0.1) is 0 Å². The fourth-order valence-corrected chi connectivity index (χ4v) is 2.96. The van der Waals surface area contributed by atoms with E-state index in [2.05, 4.69) is 31.9 Å². The second-order valence-electron chi connectivity index (χ2n) is 4.72. The molecule has 3 nitrogen and oxygen atoms in total. The Balaban J connectivity index is 2.32. The van der Waals surface area contributed by atoms with E-state index in [-0.39, 0.29) is 0 Å². The standard InChI is InChI=1S/C15H14Br2O3S/c1-21(19,20)15(16,17)14(18)13-9-7-12(8-10-13)11-5-3-2-4-6-11/h2-10,14,18H,1H3/t14-/m1/s1. The van der Waals surface area contributed by atoms with Crippen LogP contribution in [0.25, 0.3) is 11.1 Å². The number of hydrogen-bond donors (Lipinski definition) is 1. The summed E-state index contributed by atoms with van der Waals surface area (Å²) in [6.45, 7) is 0. The van der Waals surface area contributed by atoms with Crippen molar-refractivity contribution in [3.05, 3.63) is 60.2 Å². The first-order valence-corrected chi connectivity index (χ1v) is 9.62. The summed E-state index contributed by atoms with van der Waals surface area (Å²) < 4.78 is 21.8. The van der Waals surface area contributed by atoms with Crippen LogP contribution in [0, 0.1) is 0 Å². The van der Waals surface area contributed by atoms with Crippen LogP contribution in [0.5, 0.6) is 0 Å². The predicted molar refractivity (Wildman–Crippen MR) is 92.3 cm³/mol. The third-order valence-corrected chi connectivity index (χ3v) is 8.75. The molecule has 0 amide bonds. The highest BCUT2D eigenvalue weighted by Gasteiger charge is 2.43. The van der Waals surface area contributed by atoms with E-state index in [1.165, 1.54) is 0 Å². The van der Waals surface area contributed by atoms with E-state index in [0.29, 0.717) is 5.56 Å². The van der Waals surface area contributed by atoms with E-state index in [1.54, 1.807) is 12.1 Å². The van der Waals surface area contributed by atoms with E-state index < -0.39 is 18.5 Å². The molecule has 1 N–H and O–H groups in total. The number of aliphatic hydroxyl groups excluding tert-OH is 1. The van der Waals surface area contributed by atoms with Crippen LogP contribution in [-0.2, 0) is 9.84 Å². The minimum atomic E-state index is -3.53. The Bertz CT molecular complexity index is 710. The molecule has 0 aliphatic rings. The Morgan fingerprint density at radius 3 is 1.90 bits per heavy atom. The molecule has 21 heavy (non-hydrogen) atoms. The van der Waals surface area contributed by atoms with E-state index in [0.717, 1.165) is 17.4 Å². The van der Waals surface area contributed by atoms with Gasteiger partial charge in [0, 0.05) is 6.26 Å². The van der Waals surface area contributed by atoms with Crippen LogP contribution < -0.4 is 0 Å². The van der Waals surface area contributed by atoms with Gasteiger partial charge in [-0.15, -0.1) is 0 Å². The van der Waals surface area contributed by atoms with Crippen LogP contribution in [0.1, 0.15) is 11.7 Å². The topological polar surface area (TPSA) is 54.4 Å². The Hall–Kier alpha value is -0.690. The number of alkyl halides is 2. The molecular formula is C15H14Br2O3S. The first kappa shape index (κ1) is 16.7. The van der Waals surface area contributed by atoms with Crippen molar-refractivity contribution in [1.82, 2.24) is 0 Å². The van der Waals surface area contributed by atoms with Gasteiger partial charge in [0.1, 0.15) is 6.10 Å². The summed E-state index contributed by atoms with van der Waals surface area (Å²) in [5.74, 6) is 0. The molecule has 2 aromatic carbocycles. The molecule has 1 atom stereocenters. The van der Waals surface area contributed by atoms with Crippen molar-refractivity contribution in [3.63, 3.8) is 0 Å². The molecule has 2 rings (SSSR count). The largest absolute Gasteiger partial charge is 0.385 e. The van der Waals surface area contributed by atoms with Gasteiger partial charge in [0.15, 0.2) is 9.84 Å². The molecule has 2 aromatic rings. The first-order valence-electron chi connectivity index (χ1n) is 6.14. The van der Waals surface area contributed by atoms with Crippen LogP contribution in [0.3, 0.4) is 0 Å². The van der Waals surface area contributed by atoms with Crippen molar-refractivity contribution in [2.24, 2.45) is 0 Å². The molecule has 0 bridgehead atoms. The summed E-state index contributed by atoms with van der Waals surface area (Å²) >= 11 is 6.09. The minimum absolute atomic E-state index is 0.508. The molecule has 0 spiro atoms. The van der Waals surface area contributed by atoms with Crippen molar-refractivity contribution in [2.75, 3.05) is 6.26 Å². The van der Waals surface area contributed by atoms with Crippen molar-refractivity contribution in [2.45, 2.75) is 8.67 Å². The summed E-state index contributed by atoms with van der Waals surface area (Å²) in [4.78, 5) is 0. The normalized spacial score (nSPS) is 13.9. The number of benzene rings is 2. The fraction of sp³-hybridized carbons (Fsp3) is 0.200. The van der Waals surface area contributed by atoms with E-state index in [9.17, 15) is 13.5 Å². The lowest BCUT2D eigenvalue weighted by atomic mass is 10.0. The minimum Gasteiger partial charge on any atom is -0.385 e. The quantitative estimate of drug-likeness (QED) is 0.744. The van der Waals surface area contributed by atoms with Crippen LogP contribution in [-0.4, -0.2) is 22.3 Å². The van der Waals surface area contributed by atoms with Gasteiger partial charge in [-0.2, -0.15) is 0 Å². The average molecular weight is 434 g/mol. The lowest BCUT2D eigenvalue weighted by Crippen LogP contribution is -2.31. The van der Waals surface area contributed by atoms with E-state index >= 15 is 0 Å². The Morgan fingerprint density at radius 2 is 1.43 bits per heavy atom. The number of aliphatic hydroxyl groups is 1. The van der Waals surface area contributed by atoms with Crippen molar-refractivity contribution in [1.29, 1.82) is 0 Å². The van der Waals surface area contributed by atoms with Crippen LogP contribution in [0.4, 0.5) is 0 Å². The van der Waals surface area contributed by atoms with Crippen molar-refractivity contribution < 1.29 is 13.5 Å². The molecule has 0 radical (unpaired) electrons. The fourth-order valence-electron chi connectivity index (χ4n) is 1.89. The summed E-state index contributed by atoms with van der Waals surface area (Å²) in [6.07, 6.45) is -0.171. The predicted octanol–water partition coefficient (Wildman–Crippen LogP) is 3.88. The number of hydrogen-bond acceptors (Lipinski definition) is 3. The zero-order valence-corrected chi connectivity index (χ0v) is 15.2. The molecule has 6 heteroatoms. The lowest BCUT2D eigenvalue weighted by Gasteiger charge is -2.25. The average Bonchev–Trinajstić information content (AvgIpc) is 2.46. The van der Waals surface area contributed by atoms with Gasteiger partial charge in [-0.1, -0.05) is 86.5 Å². The monoisotopic (exact) mass is 432 g/mol. The first-order chi connectivity index (χ1) is 9.73. The van der Waals surface area contributed by atoms with Crippen LogP contribution in [0.2, 0.25) is 0 Å². The second kappa shape index (κ2) is 6.20. The van der Waals surface area contributed by atoms with Crippen molar-refractivity contribution >= 4 is 41.7 Å². The zero-order chi connectivity index (χ0) is 15.7. The van der Waals surface area contributed by atoms with E-state index in [4.69, 9.17) is 0 Å². The maximum absolute atomic E-state index is 11.7. The smallest absolute Gasteiger partial charge is 0.210 e. The highest BCUT2D eigenvalue weighted by Crippen LogP contribution is 2.44. The highest BCUT2D eigenvalue weighted by molar-refractivity contribution is 9.27. The molecule has 0 unspecified atom stereocenters. The third-order valence-electron chi connectivity index (χ3n) is 3.15. The lowest BCUT2D eigenvalue weighted by molar-refractivity contribution is 0.189. The summed E-state index contributed by atoms with van der Waals surface area (Å²) in [5, 5.41) is 10.3. The Kier molecular flexibility index (Phi) is 4.92. The summed E-state index contributed by atoms with van der Waals surface area (Å²) in [5.41, 5.74) is 2.57. The number of rotatable bonds is 4. The molecule has 112 valence electrons. The van der Waals surface area contributed by atoms with Gasteiger partial charge in [0.25, 0.3) is 0 Å². The van der Waals surface area contributed by atoms with E-state index in [1.807, 2.05) is 42.5 Å². The molecular weight excluding hydrogens is 420 g/mol. The van der Waals surface area contributed by atoms with Crippen molar-refractivity contribution in [3.8, 4) is 11.1 Å². The molecule has 0 saturated carbocycles. The molecule has 0 heterocycles. The SMILES string of the molecule is CS(=O)(=O)C(Br)(Br)[C@H](O)c1ccc(-c2ccccc2)cc1. The molecule has 0 aliphatic heterocycles. The zero-order valence-electron chi connectivity index (χ0n) is 11.2. The number of halogens is 2. The number of sulfone groups is 1.